The highest BCUT2D eigenvalue weighted by Crippen LogP contribution is 2.24. The third-order valence-electron chi connectivity index (χ3n) is 2.29. The number of halogens is 1. The van der Waals surface area contributed by atoms with Crippen molar-refractivity contribution >= 4 is 15.7 Å². The van der Waals surface area contributed by atoms with Gasteiger partial charge in [-0.1, -0.05) is 12.2 Å². The van der Waals surface area contributed by atoms with Crippen molar-refractivity contribution in [3.63, 3.8) is 0 Å². The molecule has 21 heavy (non-hydrogen) atoms. The van der Waals surface area contributed by atoms with Crippen molar-refractivity contribution in [2.75, 3.05) is 19.8 Å². The standard InChI is InChI=1S/C12H15FN2O5S/c1-9(2)8-20-6-5-14-21(18,19)12-4-3-10(13)7-11(12)15(16)17/h3-4,7,14H,1,5-6,8H2,2H3. The number of hydrogen-bond donors (Lipinski definition) is 1. The second kappa shape index (κ2) is 7.25. The van der Waals surface area contributed by atoms with E-state index in [1.54, 1.807) is 6.92 Å². The first-order valence-corrected chi connectivity index (χ1v) is 7.38. The Morgan fingerprint density at radius 1 is 1.52 bits per heavy atom. The van der Waals surface area contributed by atoms with Crippen LogP contribution in [0.4, 0.5) is 10.1 Å². The van der Waals surface area contributed by atoms with Gasteiger partial charge in [0.15, 0.2) is 4.90 Å². The van der Waals surface area contributed by atoms with Gasteiger partial charge < -0.3 is 4.74 Å². The van der Waals surface area contributed by atoms with Crippen molar-refractivity contribution in [2.24, 2.45) is 0 Å². The molecule has 0 saturated heterocycles. The van der Waals surface area contributed by atoms with Gasteiger partial charge in [0, 0.05) is 6.54 Å². The molecule has 7 nitrogen and oxygen atoms in total. The van der Waals surface area contributed by atoms with E-state index in [9.17, 15) is 22.9 Å². The van der Waals surface area contributed by atoms with Gasteiger partial charge in [0.2, 0.25) is 10.0 Å². The normalized spacial score (nSPS) is 11.3. The van der Waals surface area contributed by atoms with Crippen molar-refractivity contribution in [3.8, 4) is 0 Å². The number of rotatable bonds is 8. The zero-order valence-corrected chi connectivity index (χ0v) is 12.2. The summed E-state index contributed by atoms with van der Waals surface area (Å²) in [5.41, 5.74) is -0.0302. The van der Waals surface area contributed by atoms with Gasteiger partial charge in [0.1, 0.15) is 5.82 Å². The average molecular weight is 318 g/mol. The molecule has 0 aliphatic carbocycles. The van der Waals surface area contributed by atoms with E-state index in [2.05, 4.69) is 11.3 Å². The van der Waals surface area contributed by atoms with Crippen LogP contribution in [0, 0.1) is 15.9 Å². The summed E-state index contributed by atoms with van der Waals surface area (Å²) < 4.78 is 44.1. The third-order valence-corrected chi connectivity index (χ3v) is 3.80. The number of nitro groups is 1. The van der Waals surface area contributed by atoms with Crippen LogP contribution >= 0.6 is 0 Å². The lowest BCUT2D eigenvalue weighted by Gasteiger charge is -2.08. The second-order valence-corrected chi connectivity index (χ2v) is 6.01. The highest BCUT2D eigenvalue weighted by atomic mass is 32.2. The van der Waals surface area contributed by atoms with Crippen LogP contribution in [0.5, 0.6) is 0 Å². The molecule has 1 rings (SSSR count). The third kappa shape index (κ3) is 5.21. The Balaban J connectivity index is 2.79. The van der Waals surface area contributed by atoms with E-state index in [1.165, 1.54) is 0 Å². The van der Waals surface area contributed by atoms with Crippen molar-refractivity contribution in [1.82, 2.24) is 4.72 Å². The summed E-state index contributed by atoms with van der Waals surface area (Å²) in [7, 11) is -4.11. The van der Waals surface area contributed by atoms with E-state index < -0.39 is 31.3 Å². The minimum atomic E-state index is -4.11. The molecule has 1 N–H and O–H groups in total. The maximum atomic E-state index is 13.0. The van der Waals surface area contributed by atoms with Crippen LogP contribution < -0.4 is 4.72 Å². The zero-order valence-electron chi connectivity index (χ0n) is 11.3. The van der Waals surface area contributed by atoms with Crippen LogP contribution in [0.3, 0.4) is 0 Å². The molecule has 0 fully saturated rings. The largest absolute Gasteiger partial charge is 0.376 e. The quantitative estimate of drug-likeness (QED) is 0.340. The lowest BCUT2D eigenvalue weighted by atomic mass is 10.3. The predicted octanol–water partition coefficient (Wildman–Crippen LogP) is 1.60. The minimum absolute atomic E-state index is 0.0653. The van der Waals surface area contributed by atoms with Gasteiger partial charge in [0.25, 0.3) is 5.69 Å². The molecule has 0 heterocycles. The highest BCUT2D eigenvalue weighted by Gasteiger charge is 2.25. The molecule has 1 aromatic carbocycles. The summed E-state index contributed by atoms with van der Waals surface area (Å²) >= 11 is 0. The van der Waals surface area contributed by atoms with Crippen LogP contribution in [0.15, 0.2) is 35.2 Å². The molecular formula is C12H15FN2O5S. The topological polar surface area (TPSA) is 98.5 Å². The maximum Gasteiger partial charge on any atom is 0.292 e. The molecule has 116 valence electrons. The lowest BCUT2D eigenvalue weighted by Crippen LogP contribution is -2.28. The molecule has 0 bridgehead atoms. The summed E-state index contributed by atoms with van der Waals surface area (Å²) in [6, 6.07) is 2.26. The van der Waals surface area contributed by atoms with Crippen LogP contribution in [-0.4, -0.2) is 33.1 Å². The highest BCUT2D eigenvalue weighted by molar-refractivity contribution is 7.89. The molecule has 9 heteroatoms. The zero-order chi connectivity index (χ0) is 16.0. The summed E-state index contributed by atoms with van der Waals surface area (Å²) in [6.45, 7) is 5.68. The van der Waals surface area contributed by atoms with E-state index in [0.717, 1.165) is 17.7 Å². The molecule has 0 radical (unpaired) electrons. The number of nitro benzene ring substituents is 1. The monoisotopic (exact) mass is 318 g/mol. The van der Waals surface area contributed by atoms with Crippen molar-refractivity contribution in [2.45, 2.75) is 11.8 Å². The minimum Gasteiger partial charge on any atom is -0.376 e. The fraction of sp³-hybridized carbons (Fsp3) is 0.333. The first kappa shape index (κ1) is 17.2. The first-order chi connectivity index (χ1) is 9.74. The van der Waals surface area contributed by atoms with Crippen LogP contribution in [-0.2, 0) is 14.8 Å². The second-order valence-electron chi connectivity index (χ2n) is 4.28. The van der Waals surface area contributed by atoms with E-state index in [-0.39, 0.29) is 13.2 Å². The summed E-state index contributed by atoms with van der Waals surface area (Å²) in [4.78, 5) is 9.25. The lowest BCUT2D eigenvalue weighted by molar-refractivity contribution is -0.388. The van der Waals surface area contributed by atoms with Gasteiger partial charge in [-0.05, 0) is 19.1 Å². The molecule has 0 aliphatic heterocycles. The SMILES string of the molecule is C=C(C)COCCNS(=O)(=O)c1ccc(F)cc1[N+](=O)[O-]. The Labute approximate surface area is 121 Å². The first-order valence-electron chi connectivity index (χ1n) is 5.90. The number of benzene rings is 1. The van der Waals surface area contributed by atoms with Gasteiger partial charge in [0.05, 0.1) is 24.2 Å². The van der Waals surface area contributed by atoms with Crippen LogP contribution in [0.1, 0.15) is 6.92 Å². The number of nitrogens with zero attached hydrogens (tertiary/aromatic N) is 1. The van der Waals surface area contributed by atoms with E-state index in [1.807, 2.05) is 0 Å². The fourth-order valence-corrected chi connectivity index (χ4v) is 2.60. The molecule has 0 aliphatic rings. The van der Waals surface area contributed by atoms with E-state index in [4.69, 9.17) is 4.74 Å². The van der Waals surface area contributed by atoms with E-state index in [0.29, 0.717) is 12.7 Å². The average Bonchev–Trinajstić information content (AvgIpc) is 2.37. The van der Waals surface area contributed by atoms with Gasteiger partial charge in [-0.25, -0.2) is 17.5 Å². The van der Waals surface area contributed by atoms with Crippen molar-refractivity contribution < 1.29 is 22.5 Å². The Bertz CT molecular complexity index is 645. The maximum absolute atomic E-state index is 13.0. The molecule has 0 amide bonds. The smallest absolute Gasteiger partial charge is 0.292 e. The molecule has 0 atom stereocenters. The van der Waals surface area contributed by atoms with Gasteiger partial charge in [-0.2, -0.15) is 0 Å². The van der Waals surface area contributed by atoms with Gasteiger partial charge >= 0.3 is 0 Å². The number of ether oxygens (including phenoxy) is 1. The Hall–Kier alpha value is -1.84. The summed E-state index contributed by atoms with van der Waals surface area (Å²) in [6.07, 6.45) is 0. The summed E-state index contributed by atoms with van der Waals surface area (Å²) in [5, 5.41) is 10.8. The van der Waals surface area contributed by atoms with Crippen molar-refractivity contribution in [1.29, 1.82) is 0 Å². The van der Waals surface area contributed by atoms with Gasteiger partial charge in [-0.15, -0.1) is 0 Å². The fourth-order valence-electron chi connectivity index (χ4n) is 1.43. The molecule has 0 saturated carbocycles. The number of nitrogens with one attached hydrogen (secondary N) is 1. The Kier molecular flexibility index (Phi) is 5.94. The van der Waals surface area contributed by atoms with Crippen molar-refractivity contribution in [3.05, 3.63) is 46.3 Å². The molecule has 0 spiro atoms. The molecule has 0 aromatic heterocycles. The number of sulfonamides is 1. The Morgan fingerprint density at radius 3 is 2.76 bits per heavy atom. The number of hydrogen-bond acceptors (Lipinski definition) is 5. The molecule has 0 unspecified atom stereocenters. The van der Waals surface area contributed by atoms with Gasteiger partial charge in [-0.3, -0.25) is 10.1 Å². The molecular weight excluding hydrogens is 303 g/mol. The summed E-state index contributed by atoms with van der Waals surface area (Å²) in [5.74, 6) is -0.884. The van der Waals surface area contributed by atoms with Crippen LogP contribution in [0.2, 0.25) is 0 Å². The van der Waals surface area contributed by atoms with E-state index >= 15 is 0 Å². The molecule has 1 aromatic rings. The Morgan fingerprint density at radius 2 is 2.19 bits per heavy atom. The predicted molar refractivity (Wildman–Crippen MR) is 73.9 cm³/mol. The van der Waals surface area contributed by atoms with Crippen LogP contribution in [0.25, 0.3) is 0 Å².